The first-order chi connectivity index (χ1) is 5.74. The number of hydrogen-bond donors (Lipinski definition) is 0. The molecule has 0 aliphatic rings. The summed E-state index contributed by atoms with van der Waals surface area (Å²) in [5.74, 6) is 3.44. The predicted molar refractivity (Wildman–Crippen MR) is 54.0 cm³/mol. The largest absolute Gasteiger partial charge is 0.349 e. The smallest absolute Gasteiger partial charge is 0.129 e. The van der Waals surface area contributed by atoms with Gasteiger partial charge in [-0.15, -0.1) is 6.42 Å². The van der Waals surface area contributed by atoms with E-state index in [1.165, 1.54) is 0 Å². The van der Waals surface area contributed by atoms with E-state index in [0.717, 1.165) is 10.3 Å². The second-order valence-electron chi connectivity index (χ2n) is 2.39. The lowest BCUT2D eigenvalue weighted by Gasteiger charge is -2.13. The van der Waals surface area contributed by atoms with Crippen molar-refractivity contribution in [3.05, 3.63) is 22.8 Å². The maximum atomic E-state index is 5.17. The fourth-order valence-corrected chi connectivity index (χ4v) is 1.05. The molecule has 0 fully saturated rings. The summed E-state index contributed by atoms with van der Waals surface area (Å²) in [4.78, 5) is 6.09. The third-order valence-electron chi connectivity index (χ3n) is 1.43. The molecule has 1 heterocycles. The van der Waals surface area contributed by atoms with Crippen molar-refractivity contribution in [1.82, 2.24) is 4.98 Å². The molecule has 0 unspecified atom stereocenters. The van der Waals surface area contributed by atoms with Gasteiger partial charge in [0, 0.05) is 17.7 Å². The number of rotatable bonds is 2. The van der Waals surface area contributed by atoms with Gasteiger partial charge in [0.05, 0.1) is 6.54 Å². The van der Waals surface area contributed by atoms with Gasteiger partial charge in [0.1, 0.15) is 5.82 Å². The topological polar surface area (TPSA) is 16.1 Å². The van der Waals surface area contributed by atoms with Gasteiger partial charge in [-0.05, 0) is 28.1 Å². The number of halogens is 1. The fraction of sp³-hybridized carbons (Fsp3) is 0.222. The molecule has 1 aromatic rings. The van der Waals surface area contributed by atoms with Crippen LogP contribution in [0.4, 0.5) is 5.82 Å². The zero-order valence-corrected chi connectivity index (χ0v) is 8.37. The maximum absolute atomic E-state index is 5.17. The summed E-state index contributed by atoms with van der Waals surface area (Å²) < 4.78 is 0.973. The van der Waals surface area contributed by atoms with E-state index in [1.54, 1.807) is 6.20 Å². The molecule has 0 aromatic carbocycles. The minimum Gasteiger partial charge on any atom is -0.349 e. The summed E-state index contributed by atoms with van der Waals surface area (Å²) in [5, 5.41) is 0. The quantitative estimate of drug-likeness (QED) is 0.714. The molecule has 3 heteroatoms. The van der Waals surface area contributed by atoms with Crippen molar-refractivity contribution in [2.45, 2.75) is 0 Å². The summed E-state index contributed by atoms with van der Waals surface area (Å²) >= 11 is 3.31. The summed E-state index contributed by atoms with van der Waals surface area (Å²) in [6.07, 6.45) is 6.92. The molecule has 1 aromatic heterocycles. The Morgan fingerprint density at radius 3 is 2.92 bits per heavy atom. The molecule has 0 saturated heterocycles. The summed E-state index contributed by atoms with van der Waals surface area (Å²) in [6, 6.07) is 3.86. The number of terminal acetylenes is 1. The first-order valence-electron chi connectivity index (χ1n) is 3.50. The van der Waals surface area contributed by atoms with Crippen LogP contribution < -0.4 is 4.90 Å². The Bertz CT molecular complexity index is 286. The van der Waals surface area contributed by atoms with Crippen LogP contribution in [0.2, 0.25) is 0 Å². The first-order valence-corrected chi connectivity index (χ1v) is 4.29. The Balaban J connectivity index is 2.76. The Morgan fingerprint density at radius 1 is 1.67 bits per heavy atom. The van der Waals surface area contributed by atoms with Gasteiger partial charge in [-0.3, -0.25) is 0 Å². The Hall–Kier alpha value is -1.01. The van der Waals surface area contributed by atoms with E-state index in [0.29, 0.717) is 6.54 Å². The van der Waals surface area contributed by atoms with Gasteiger partial charge in [-0.1, -0.05) is 5.92 Å². The minimum absolute atomic E-state index is 0.578. The number of anilines is 1. The fourth-order valence-electron chi connectivity index (χ4n) is 0.812. The lowest BCUT2D eigenvalue weighted by atomic mass is 10.4. The van der Waals surface area contributed by atoms with Gasteiger partial charge in [0.2, 0.25) is 0 Å². The van der Waals surface area contributed by atoms with Gasteiger partial charge in [-0.25, -0.2) is 4.98 Å². The zero-order valence-electron chi connectivity index (χ0n) is 6.79. The highest BCUT2D eigenvalue weighted by atomic mass is 79.9. The number of pyridine rings is 1. The summed E-state index contributed by atoms with van der Waals surface area (Å²) in [6.45, 7) is 0.578. The third-order valence-corrected chi connectivity index (χ3v) is 1.90. The molecular weight excluding hydrogens is 216 g/mol. The van der Waals surface area contributed by atoms with Crippen molar-refractivity contribution in [2.75, 3.05) is 18.5 Å². The van der Waals surface area contributed by atoms with E-state index in [4.69, 9.17) is 6.42 Å². The van der Waals surface area contributed by atoms with Crippen LogP contribution in [0.3, 0.4) is 0 Å². The number of hydrogen-bond acceptors (Lipinski definition) is 2. The highest BCUT2D eigenvalue weighted by Gasteiger charge is 1.98. The molecule has 0 radical (unpaired) electrons. The Labute approximate surface area is 80.7 Å². The van der Waals surface area contributed by atoms with Gasteiger partial charge in [-0.2, -0.15) is 0 Å². The molecule has 0 aliphatic carbocycles. The molecule has 12 heavy (non-hydrogen) atoms. The Morgan fingerprint density at radius 2 is 2.42 bits per heavy atom. The molecule has 0 amide bonds. The van der Waals surface area contributed by atoms with Crippen molar-refractivity contribution in [3.8, 4) is 12.3 Å². The normalized spacial score (nSPS) is 9.08. The van der Waals surface area contributed by atoms with E-state index in [-0.39, 0.29) is 0 Å². The second-order valence-corrected chi connectivity index (χ2v) is 3.31. The number of nitrogens with zero attached hydrogens (tertiary/aromatic N) is 2. The minimum atomic E-state index is 0.578. The van der Waals surface area contributed by atoms with Crippen molar-refractivity contribution in [1.29, 1.82) is 0 Å². The molecular formula is C9H9BrN2. The van der Waals surface area contributed by atoms with Crippen molar-refractivity contribution in [2.24, 2.45) is 0 Å². The summed E-state index contributed by atoms with van der Waals surface area (Å²) in [7, 11) is 1.91. The molecule has 0 aliphatic heterocycles. The standard InChI is InChI=1S/C9H9BrN2/c1-3-6-12(2)9-5-4-8(10)7-11-9/h1,4-5,7H,6H2,2H3. The van der Waals surface area contributed by atoms with Crippen LogP contribution in [0.1, 0.15) is 0 Å². The molecule has 0 bridgehead atoms. The molecule has 0 atom stereocenters. The van der Waals surface area contributed by atoms with Gasteiger partial charge in [0.25, 0.3) is 0 Å². The van der Waals surface area contributed by atoms with Crippen molar-refractivity contribution < 1.29 is 0 Å². The Kier molecular flexibility index (Phi) is 3.12. The summed E-state index contributed by atoms with van der Waals surface area (Å²) in [5.41, 5.74) is 0. The van der Waals surface area contributed by atoms with E-state index < -0.39 is 0 Å². The van der Waals surface area contributed by atoms with Crippen molar-refractivity contribution >= 4 is 21.7 Å². The first kappa shape index (κ1) is 9.08. The highest BCUT2D eigenvalue weighted by molar-refractivity contribution is 9.10. The number of aromatic nitrogens is 1. The van der Waals surface area contributed by atoms with Crippen LogP contribution in [0.15, 0.2) is 22.8 Å². The lowest BCUT2D eigenvalue weighted by molar-refractivity contribution is 1.00. The van der Waals surface area contributed by atoms with Gasteiger partial charge >= 0.3 is 0 Å². The van der Waals surface area contributed by atoms with Crippen LogP contribution in [0.5, 0.6) is 0 Å². The molecule has 0 saturated carbocycles. The molecule has 62 valence electrons. The second kappa shape index (κ2) is 4.13. The monoisotopic (exact) mass is 224 g/mol. The lowest BCUT2D eigenvalue weighted by Crippen LogP contribution is -2.17. The molecule has 0 spiro atoms. The molecule has 1 rings (SSSR count). The highest BCUT2D eigenvalue weighted by Crippen LogP contribution is 2.12. The van der Waals surface area contributed by atoms with Crippen molar-refractivity contribution in [3.63, 3.8) is 0 Å². The van der Waals surface area contributed by atoms with E-state index >= 15 is 0 Å². The van der Waals surface area contributed by atoms with Crippen LogP contribution in [-0.2, 0) is 0 Å². The van der Waals surface area contributed by atoms with Crippen LogP contribution in [-0.4, -0.2) is 18.6 Å². The van der Waals surface area contributed by atoms with Crippen LogP contribution >= 0.6 is 15.9 Å². The zero-order chi connectivity index (χ0) is 8.97. The SMILES string of the molecule is C#CCN(C)c1ccc(Br)cn1. The van der Waals surface area contributed by atoms with Crippen LogP contribution in [0, 0.1) is 12.3 Å². The average molecular weight is 225 g/mol. The van der Waals surface area contributed by atoms with Gasteiger partial charge in [0.15, 0.2) is 0 Å². The van der Waals surface area contributed by atoms with E-state index in [1.807, 2.05) is 24.1 Å². The molecule has 0 N–H and O–H groups in total. The average Bonchev–Trinajstić information content (AvgIpc) is 2.06. The molecule has 2 nitrogen and oxygen atoms in total. The van der Waals surface area contributed by atoms with Crippen LogP contribution in [0.25, 0.3) is 0 Å². The van der Waals surface area contributed by atoms with E-state index in [2.05, 4.69) is 26.8 Å². The van der Waals surface area contributed by atoms with Gasteiger partial charge < -0.3 is 4.90 Å². The van der Waals surface area contributed by atoms with E-state index in [9.17, 15) is 0 Å². The third kappa shape index (κ3) is 2.24. The predicted octanol–water partition coefficient (Wildman–Crippen LogP) is 1.91. The maximum Gasteiger partial charge on any atom is 0.129 e.